The first-order valence-electron chi connectivity index (χ1n) is 3.78. The number of rotatable bonds is 0. The monoisotopic (exact) mass is 128 g/mol. The molecule has 0 saturated carbocycles. The van der Waals surface area contributed by atoms with E-state index in [-0.39, 0.29) is 0 Å². The molecule has 0 bridgehead atoms. The smallest absolute Gasteiger partial charge is 0.0149 e. The molecule has 0 heterocycles. The SMILES string of the molecule is C1=CC2=C1CCC1=C2C=C1. The highest BCUT2D eigenvalue weighted by molar-refractivity contribution is 5.68. The third-order valence-electron chi connectivity index (χ3n) is 2.55. The van der Waals surface area contributed by atoms with Gasteiger partial charge in [0.2, 0.25) is 0 Å². The Morgan fingerprint density at radius 1 is 0.700 bits per heavy atom. The van der Waals surface area contributed by atoms with Gasteiger partial charge in [0.25, 0.3) is 0 Å². The average molecular weight is 128 g/mol. The van der Waals surface area contributed by atoms with Gasteiger partial charge in [-0.05, 0) is 35.1 Å². The quantitative estimate of drug-likeness (QED) is 0.470. The summed E-state index contributed by atoms with van der Waals surface area (Å²) in [7, 11) is 0. The van der Waals surface area contributed by atoms with Crippen molar-refractivity contribution in [2.45, 2.75) is 12.8 Å². The van der Waals surface area contributed by atoms with Gasteiger partial charge in [0.05, 0.1) is 0 Å². The zero-order valence-electron chi connectivity index (χ0n) is 5.72. The maximum absolute atomic E-state index is 2.24. The van der Waals surface area contributed by atoms with E-state index in [2.05, 4.69) is 24.3 Å². The highest BCUT2D eigenvalue weighted by Crippen LogP contribution is 2.42. The maximum Gasteiger partial charge on any atom is -0.0149 e. The summed E-state index contributed by atoms with van der Waals surface area (Å²) in [6.45, 7) is 0. The maximum atomic E-state index is 2.24. The van der Waals surface area contributed by atoms with Gasteiger partial charge in [-0.2, -0.15) is 0 Å². The molecule has 3 rings (SSSR count). The Hall–Kier alpha value is -1.04. The zero-order chi connectivity index (χ0) is 6.55. The molecule has 0 saturated heterocycles. The van der Waals surface area contributed by atoms with E-state index in [1.807, 2.05) is 0 Å². The second-order valence-electron chi connectivity index (χ2n) is 3.04. The molecule has 0 radical (unpaired) electrons. The van der Waals surface area contributed by atoms with E-state index in [0.29, 0.717) is 0 Å². The van der Waals surface area contributed by atoms with Crippen molar-refractivity contribution in [3.8, 4) is 0 Å². The summed E-state index contributed by atoms with van der Waals surface area (Å²) >= 11 is 0. The van der Waals surface area contributed by atoms with E-state index in [9.17, 15) is 0 Å². The molecule has 0 aromatic carbocycles. The fourth-order valence-corrected chi connectivity index (χ4v) is 1.80. The van der Waals surface area contributed by atoms with Crippen LogP contribution in [-0.2, 0) is 0 Å². The lowest BCUT2D eigenvalue weighted by Gasteiger charge is -2.29. The Morgan fingerprint density at radius 2 is 1.20 bits per heavy atom. The summed E-state index contributed by atoms with van der Waals surface area (Å²) in [6.07, 6.45) is 11.5. The van der Waals surface area contributed by atoms with Gasteiger partial charge < -0.3 is 0 Å². The number of hydrogen-bond acceptors (Lipinski definition) is 0. The predicted molar refractivity (Wildman–Crippen MR) is 41.6 cm³/mol. The molecule has 0 fully saturated rings. The average Bonchev–Trinajstić information content (AvgIpc) is 1.84. The van der Waals surface area contributed by atoms with Crippen LogP contribution in [-0.4, -0.2) is 0 Å². The van der Waals surface area contributed by atoms with Gasteiger partial charge in [-0.1, -0.05) is 24.3 Å². The van der Waals surface area contributed by atoms with Crippen LogP contribution >= 0.6 is 0 Å². The van der Waals surface area contributed by atoms with Crippen LogP contribution in [0.25, 0.3) is 0 Å². The first kappa shape index (κ1) is 4.73. The van der Waals surface area contributed by atoms with Crippen molar-refractivity contribution in [2.75, 3.05) is 0 Å². The summed E-state index contributed by atoms with van der Waals surface area (Å²) in [6, 6.07) is 0. The molecule has 0 N–H and O–H groups in total. The van der Waals surface area contributed by atoms with Crippen LogP contribution in [0, 0.1) is 0 Å². The van der Waals surface area contributed by atoms with Crippen LogP contribution in [0.3, 0.4) is 0 Å². The molecule has 0 nitrogen and oxygen atoms in total. The zero-order valence-corrected chi connectivity index (χ0v) is 5.72. The van der Waals surface area contributed by atoms with Crippen molar-refractivity contribution in [2.24, 2.45) is 0 Å². The first-order valence-corrected chi connectivity index (χ1v) is 3.78. The van der Waals surface area contributed by atoms with Crippen LogP contribution < -0.4 is 0 Å². The lowest BCUT2D eigenvalue weighted by molar-refractivity contribution is 0.897. The Morgan fingerprint density at radius 3 is 1.50 bits per heavy atom. The van der Waals surface area contributed by atoms with E-state index >= 15 is 0 Å². The molecule has 0 atom stereocenters. The van der Waals surface area contributed by atoms with E-state index < -0.39 is 0 Å². The topological polar surface area (TPSA) is 0 Å². The van der Waals surface area contributed by atoms with Gasteiger partial charge in [0, 0.05) is 0 Å². The van der Waals surface area contributed by atoms with Gasteiger partial charge >= 0.3 is 0 Å². The number of allylic oxidation sites excluding steroid dienone is 8. The van der Waals surface area contributed by atoms with Crippen molar-refractivity contribution in [3.63, 3.8) is 0 Å². The van der Waals surface area contributed by atoms with Crippen LogP contribution in [0.4, 0.5) is 0 Å². The first-order chi connectivity index (χ1) is 4.95. The number of fused-ring (bicyclic) bond motifs is 1. The Labute approximate surface area is 60.2 Å². The molecule has 0 unspecified atom stereocenters. The Bertz CT molecular complexity index is 288. The minimum Gasteiger partial charge on any atom is -0.0578 e. The van der Waals surface area contributed by atoms with E-state index in [4.69, 9.17) is 0 Å². The second-order valence-corrected chi connectivity index (χ2v) is 3.04. The minimum atomic E-state index is 1.27. The summed E-state index contributed by atoms with van der Waals surface area (Å²) in [4.78, 5) is 0. The molecule has 0 aromatic heterocycles. The van der Waals surface area contributed by atoms with Crippen molar-refractivity contribution >= 4 is 0 Å². The normalized spacial score (nSPS) is 25.6. The van der Waals surface area contributed by atoms with Crippen molar-refractivity contribution < 1.29 is 0 Å². The van der Waals surface area contributed by atoms with Crippen molar-refractivity contribution in [3.05, 3.63) is 46.6 Å². The molecule has 48 valence electrons. The molecule has 3 aliphatic rings. The van der Waals surface area contributed by atoms with Gasteiger partial charge in [0.1, 0.15) is 0 Å². The second kappa shape index (κ2) is 1.34. The molecule has 10 heavy (non-hydrogen) atoms. The lowest BCUT2D eigenvalue weighted by atomic mass is 9.76. The third-order valence-corrected chi connectivity index (χ3v) is 2.55. The molecule has 0 aromatic rings. The van der Waals surface area contributed by atoms with E-state index in [1.165, 1.54) is 24.0 Å². The predicted octanol–water partition coefficient (Wildman–Crippen LogP) is 2.51. The summed E-state index contributed by atoms with van der Waals surface area (Å²) in [5.41, 5.74) is 6.18. The highest BCUT2D eigenvalue weighted by Gasteiger charge is 2.23. The molecular weight excluding hydrogens is 120 g/mol. The van der Waals surface area contributed by atoms with Crippen LogP contribution in [0.2, 0.25) is 0 Å². The fourth-order valence-electron chi connectivity index (χ4n) is 1.80. The minimum absolute atomic E-state index is 1.27. The lowest BCUT2D eigenvalue weighted by Crippen LogP contribution is -2.10. The molecule has 0 spiro atoms. The Kier molecular flexibility index (Phi) is 0.634. The van der Waals surface area contributed by atoms with Gasteiger partial charge in [-0.3, -0.25) is 0 Å². The molecule has 0 aliphatic heterocycles. The van der Waals surface area contributed by atoms with Crippen molar-refractivity contribution in [1.29, 1.82) is 0 Å². The van der Waals surface area contributed by atoms with Crippen LogP contribution in [0.1, 0.15) is 12.8 Å². The van der Waals surface area contributed by atoms with Crippen molar-refractivity contribution in [1.82, 2.24) is 0 Å². The largest absolute Gasteiger partial charge is 0.0578 e. The molecule has 0 amide bonds. The fraction of sp³-hybridized carbons (Fsp3) is 0.200. The van der Waals surface area contributed by atoms with E-state index in [1.54, 1.807) is 11.1 Å². The molecule has 0 heteroatoms. The van der Waals surface area contributed by atoms with Gasteiger partial charge in [-0.25, -0.2) is 0 Å². The number of hydrogen-bond donors (Lipinski definition) is 0. The standard InChI is InChI=1S/C10H8/c1-2-8-4-6-10(8)9-5-3-7(1)9/h3-6H,1-2H2. The summed E-state index contributed by atoms with van der Waals surface area (Å²) in [5, 5.41) is 0. The third kappa shape index (κ3) is 0.367. The molecule has 3 aliphatic carbocycles. The van der Waals surface area contributed by atoms with Gasteiger partial charge in [-0.15, -0.1) is 0 Å². The molecular formula is C10H8. The van der Waals surface area contributed by atoms with Crippen LogP contribution in [0.5, 0.6) is 0 Å². The van der Waals surface area contributed by atoms with E-state index in [0.717, 1.165) is 0 Å². The van der Waals surface area contributed by atoms with Gasteiger partial charge in [0.15, 0.2) is 0 Å². The Balaban J connectivity index is 2.13. The highest BCUT2D eigenvalue weighted by atomic mass is 14.3. The van der Waals surface area contributed by atoms with Crippen LogP contribution in [0.15, 0.2) is 46.6 Å². The summed E-state index contributed by atoms with van der Waals surface area (Å²) < 4.78 is 0. The summed E-state index contributed by atoms with van der Waals surface area (Å²) in [5.74, 6) is 0.